The van der Waals surface area contributed by atoms with Gasteiger partial charge in [0.1, 0.15) is 5.03 Å². The van der Waals surface area contributed by atoms with Gasteiger partial charge in [0.05, 0.1) is 5.75 Å². The van der Waals surface area contributed by atoms with Crippen molar-refractivity contribution in [1.82, 2.24) is 15.5 Å². The van der Waals surface area contributed by atoms with Crippen LogP contribution in [0.15, 0.2) is 47.5 Å². The summed E-state index contributed by atoms with van der Waals surface area (Å²) in [6.45, 7) is 1.91. The van der Waals surface area contributed by atoms with Crippen LogP contribution in [-0.2, 0) is 16.1 Å². The summed E-state index contributed by atoms with van der Waals surface area (Å²) in [6.07, 6.45) is 0. The molecule has 0 atom stereocenters. The smallest absolute Gasteiger partial charge is 0.230 e. The molecule has 0 bridgehead atoms. The average Bonchev–Trinajstić information content (AvgIpc) is 2.53. The minimum atomic E-state index is -0.199. The fraction of sp³-hybridized carbons (Fsp3) is 0.200. The Morgan fingerprint density at radius 1 is 1.09 bits per heavy atom. The quantitative estimate of drug-likeness (QED) is 0.795. The zero-order valence-electron chi connectivity index (χ0n) is 12.1. The van der Waals surface area contributed by atoms with Gasteiger partial charge in [-0.05, 0) is 17.7 Å². The SMILES string of the molecule is CC(=O)Nc1ccc(SCC(=O)NCc2ccccc2)nn1. The highest BCUT2D eigenvalue weighted by Gasteiger charge is 2.05. The molecule has 2 aromatic rings. The Morgan fingerprint density at radius 2 is 1.86 bits per heavy atom. The van der Waals surface area contributed by atoms with Gasteiger partial charge in [-0.1, -0.05) is 42.1 Å². The van der Waals surface area contributed by atoms with Crippen LogP contribution in [0.4, 0.5) is 5.82 Å². The third kappa shape index (κ3) is 5.53. The molecular weight excluding hydrogens is 300 g/mol. The summed E-state index contributed by atoms with van der Waals surface area (Å²) in [7, 11) is 0. The van der Waals surface area contributed by atoms with E-state index in [1.165, 1.54) is 18.7 Å². The zero-order valence-corrected chi connectivity index (χ0v) is 12.9. The van der Waals surface area contributed by atoms with Crippen LogP contribution in [0.25, 0.3) is 0 Å². The normalized spacial score (nSPS) is 10.0. The third-order valence-corrected chi connectivity index (χ3v) is 3.55. The molecule has 7 heteroatoms. The summed E-state index contributed by atoms with van der Waals surface area (Å²) in [4.78, 5) is 22.6. The summed E-state index contributed by atoms with van der Waals surface area (Å²) in [6, 6.07) is 13.1. The highest BCUT2D eigenvalue weighted by atomic mass is 32.2. The van der Waals surface area contributed by atoms with E-state index in [9.17, 15) is 9.59 Å². The van der Waals surface area contributed by atoms with Crippen LogP contribution in [0, 0.1) is 0 Å². The van der Waals surface area contributed by atoms with Gasteiger partial charge >= 0.3 is 0 Å². The maximum atomic E-state index is 11.8. The summed E-state index contributed by atoms with van der Waals surface area (Å²) in [5.41, 5.74) is 1.06. The van der Waals surface area contributed by atoms with Gasteiger partial charge in [0, 0.05) is 13.5 Å². The minimum absolute atomic E-state index is 0.0680. The number of hydrogen-bond acceptors (Lipinski definition) is 5. The van der Waals surface area contributed by atoms with E-state index in [-0.39, 0.29) is 17.6 Å². The monoisotopic (exact) mass is 316 g/mol. The van der Waals surface area contributed by atoms with E-state index >= 15 is 0 Å². The molecule has 0 aliphatic rings. The second-order valence-corrected chi connectivity index (χ2v) is 5.48. The predicted molar refractivity (Wildman–Crippen MR) is 85.3 cm³/mol. The molecular formula is C15H16N4O2S. The molecule has 2 N–H and O–H groups in total. The lowest BCUT2D eigenvalue weighted by atomic mass is 10.2. The van der Waals surface area contributed by atoms with Gasteiger partial charge in [0.2, 0.25) is 11.8 Å². The van der Waals surface area contributed by atoms with Gasteiger partial charge in [-0.2, -0.15) is 0 Å². The molecule has 2 amide bonds. The lowest BCUT2D eigenvalue weighted by Crippen LogP contribution is -2.24. The Balaban J connectivity index is 1.75. The van der Waals surface area contributed by atoms with Gasteiger partial charge in [-0.3, -0.25) is 9.59 Å². The summed E-state index contributed by atoms with van der Waals surface area (Å²) >= 11 is 1.29. The summed E-state index contributed by atoms with van der Waals surface area (Å²) in [5, 5.41) is 13.8. The second kappa shape index (κ2) is 8.14. The number of amides is 2. The Bertz CT molecular complexity index is 632. The van der Waals surface area contributed by atoms with Crippen LogP contribution in [-0.4, -0.2) is 27.8 Å². The Labute approximate surface area is 132 Å². The maximum Gasteiger partial charge on any atom is 0.230 e. The average molecular weight is 316 g/mol. The van der Waals surface area contributed by atoms with E-state index in [4.69, 9.17) is 0 Å². The number of carbonyl (C=O) groups is 2. The molecule has 6 nitrogen and oxygen atoms in total. The highest BCUT2D eigenvalue weighted by Crippen LogP contribution is 2.15. The van der Waals surface area contributed by atoms with Gasteiger partial charge in [-0.15, -0.1) is 10.2 Å². The number of nitrogens with one attached hydrogen (secondary N) is 2. The number of aromatic nitrogens is 2. The number of carbonyl (C=O) groups excluding carboxylic acids is 2. The maximum absolute atomic E-state index is 11.8. The van der Waals surface area contributed by atoms with Crippen LogP contribution in [0.1, 0.15) is 12.5 Å². The van der Waals surface area contributed by atoms with E-state index < -0.39 is 0 Å². The fourth-order valence-corrected chi connectivity index (χ4v) is 2.27. The minimum Gasteiger partial charge on any atom is -0.351 e. The number of nitrogens with zero attached hydrogens (tertiary/aromatic N) is 2. The molecule has 0 aliphatic carbocycles. The van der Waals surface area contributed by atoms with Crippen molar-refractivity contribution in [1.29, 1.82) is 0 Å². The molecule has 2 rings (SSSR count). The van der Waals surface area contributed by atoms with Crippen LogP contribution < -0.4 is 10.6 Å². The number of hydrogen-bond donors (Lipinski definition) is 2. The number of benzene rings is 1. The van der Waals surface area contributed by atoms with Gasteiger partial charge < -0.3 is 10.6 Å². The Morgan fingerprint density at radius 3 is 2.50 bits per heavy atom. The van der Waals surface area contributed by atoms with E-state index in [1.54, 1.807) is 12.1 Å². The Hall–Kier alpha value is -2.41. The van der Waals surface area contributed by atoms with Crippen molar-refractivity contribution in [2.45, 2.75) is 18.5 Å². The second-order valence-electron chi connectivity index (χ2n) is 4.49. The first-order valence-electron chi connectivity index (χ1n) is 6.68. The molecule has 1 aromatic heterocycles. The lowest BCUT2D eigenvalue weighted by molar-refractivity contribution is -0.118. The molecule has 114 valence electrons. The van der Waals surface area contributed by atoms with Crippen molar-refractivity contribution in [3.63, 3.8) is 0 Å². The van der Waals surface area contributed by atoms with Crippen molar-refractivity contribution in [2.24, 2.45) is 0 Å². The molecule has 0 saturated carbocycles. The topological polar surface area (TPSA) is 84.0 Å². The van der Waals surface area contributed by atoms with Crippen LogP contribution >= 0.6 is 11.8 Å². The van der Waals surface area contributed by atoms with Crippen molar-refractivity contribution in [2.75, 3.05) is 11.1 Å². The third-order valence-electron chi connectivity index (χ3n) is 2.63. The Kier molecular flexibility index (Phi) is 5.91. The number of thioether (sulfide) groups is 1. The standard InChI is InChI=1S/C15H16N4O2S/c1-11(20)17-13-7-8-15(19-18-13)22-10-14(21)16-9-12-5-3-2-4-6-12/h2-8H,9-10H2,1H3,(H,16,21)(H,17,18,20). The summed E-state index contributed by atoms with van der Waals surface area (Å²) in [5.74, 6) is 0.392. The van der Waals surface area contributed by atoms with Crippen LogP contribution in [0.3, 0.4) is 0 Å². The first kappa shape index (κ1) is 16.0. The zero-order chi connectivity index (χ0) is 15.8. The molecule has 0 spiro atoms. The van der Waals surface area contributed by atoms with Crippen molar-refractivity contribution < 1.29 is 9.59 Å². The van der Waals surface area contributed by atoms with E-state index in [0.29, 0.717) is 17.4 Å². The largest absolute Gasteiger partial charge is 0.351 e. The first-order chi connectivity index (χ1) is 10.6. The molecule has 1 heterocycles. The first-order valence-corrected chi connectivity index (χ1v) is 7.67. The van der Waals surface area contributed by atoms with Crippen LogP contribution in [0.5, 0.6) is 0 Å². The van der Waals surface area contributed by atoms with Gasteiger partial charge in [0.25, 0.3) is 0 Å². The molecule has 0 fully saturated rings. The summed E-state index contributed by atoms with van der Waals surface area (Å²) < 4.78 is 0. The van der Waals surface area contributed by atoms with Gasteiger partial charge in [0.15, 0.2) is 5.82 Å². The highest BCUT2D eigenvalue weighted by molar-refractivity contribution is 7.99. The van der Waals surface area contributed by atoms with E-state index in [2.05, 4.69) is 20.8 Å². The van der Waals surface area contributed by atoms with Crippen molar-refractivity contribution in [3.8, 4) is 0 Å². The predicted octanol–water partition coefficient (Wildman–Crippen LogP) is 1.84. The fourth-order valence-electron chi connectivity index (χ4n) is 1.63. The molecule has 0 aliphatic heterocycles. The number of anilines is 1. The van der Waals surface area contributed by atoms with Crippen molar-refractivity contribution >= 4 is 29.4 Å². The van der Waals surface area contributed by atoms with E-state index in [1.807, 2.05) is 30.3 Å². The molecule has 0 unspecified atom stereocenters. The van der Waals surface area contributed by atoms with Crippen molar-refractivity contribution in [3.05, 3.63) is 48.0 Å². The molecule has 0 saturated heterocycles. The number of rotatable bonds is 6. The molecule has 1 aromatic carbocycles. The molecule has 0 radical (unpaired) electrons. The van der Waals surface area contributed by atoms with E-state index in [0.717, 1.165) is 5.56 Å². The van der Waals surface area contributed by atoms with Gasteiger partial charge in [-0.25, -0.2) is 0 Å². The lowest BCUT2D eigenvalue weighted by Gasteiger charge is -2.05. The van der Waals surface area contributed by atoms with Crippen LogP contribution in [0.2, 0.25) is 0 Å². The molecule has 22 heavy (non-hydrogen) atoms.